The second-order valence-corrected chi connectivity index (χ2v) is 8.42. The molecule has 0 aliphatic rings. The molecule has 4 rings (SSSR count). The van der Waals surface area contributed by atoms with E-state index >= 15 is 0 Å². The minimum Gasteiger partial charge on any atom is -0.497 e. The highest BCUT2D eigenvalue weighted by atomic mass is 16.5. The molecule has 8 nitrogen and oxygen atoms in total. The molecule has 4 aromatic rings. The van der Waals surface area contributed by atoms with E-state index in [4.69, 9.17) is 9.47 Å². The number of carbonyl (C=O) groups is 1. The van der Waals surface area contributed by atoms with Crippen molar-refractivity contribution in [1.29, 1.82) is 0 Å². The summed E-state index contributed by atoms with van der Waals surface area (Å²) in [5, 5.41) is 3.31. The molecule has 0 bridgehead atoms. The highest BCUT2D eigenvalue weighted by Gasteiger charge is 2.14. The Bertz CT molecular complexity index is 1450. The van der Waals surface area contributed by atoms with Gasteiger partial charge in [0.25, 0.3) is 11.5 Å². The van der Waals surface area contributed by atoms with Crippen molar-refractivity contribution in [3.05, 3.63) is 110 Å². The van der Waals surface area contributed by atoms with Gasteiger partial charge in [0.15, 0.2) is 0 Å². The largest absolute Gasteiger partial charge is 0.497 e. The first kappa shape index (κ1) is 24.9. The van der Waals surface area contributed by atoms with Gasteiger partial charge in [-0.15, -0.1) is 0 Å². The fourth-order valence-corrected chi connectivity index (χ4v) is 4.04. The third-order valence-corrected chi connectivity index (χ3v) is 6.00. The monoisotopic (exact) mass is 487 g/mol. The third kappa shape index (κ3) is 5.55. The molecule has 0 unspecified atom stereocenters. The minimum atomic E-state index is -0.394. The van der Waals surface area contributed by atoms with E-state index in [1.807, 2.05) is 30.3 Å². The quantitative estimate of drug-likeness (QED) is 0.347. The number of rotatable bonds is 10. The molecular weight excluding hydrogens is 458 g/mol. The molecule has 0 atom stereocenters. The summed E-state index contributed by atoms with van der Waals surface area (Å²) >= 11 is 0. The van der Waals surface area contributed by atoms with Crippen molar-refractivity contribution >= 4 is 16.8 Å². The number of nitrogens with one attached hydrogen (secondary N) is 1. The number of benzene rings is 3. The number of hydrogen-bond acceptors (Lipinski definition) is 5. The number of aromatic nitrogens is 2. The van der Waals surface area contributed by atoms with Crippen LogP contribution in [0.5, 0.6) is 5.75 Å². The first-order valence-electron chi connectivity index (χ1n) is 11.7. The van der Waals surface area contributed by atoms with E-state index in [-0.39, 0.29) is 18.0 Å². The van der Waals surface area contributed by atoms with Crippen LogP contribution in [0.25, 0.3) is 10.9 Å². The maximum atomic E-state index is 13.5. The van der Waals surface area contributed by atoms with Gasteiger partial charge < -0.3 is 14.8 Å². The summed E-state index contributed by atoms with van der Waals surface area (Å²) in [5.41, 5.74) is 2.01. The third-order valence-electron chi connectivity index (χ3n) is 6.00. The van der Waals surface area contributed by atoms with Crippen molar-refractivity contribution in [2.75, 3.05) is 27.4 Å². The number of amides is 1. The summed E-state index contributed by atoms with van der Waals surface area (Å²) < 4.78 is 13.1. The van der Waals surface area contributed by atoms with Crippen molar-refractivity contribution in [3.8, 4) is 5.75 Å². The zero-order chi connectivity index (χ0) is 25.5. The Labute approximate surface area is 208 Å². The summed E-state index contributed by atoms with van der Waals surface area (Å²) in [5.74, 6) is 0.551. The number of ether oxygens (including phenoxy) is 2. The molecule has 0 radical (unpaired) electrons. The normalized spacial score (nSPS) is 10.9. The molecule has 1 amide bonds. The van der Waals surface area contributed by atoms with E-state index in [1.54, 1.807) is 61.3 Å². The number of methoxy groups -OCH3 is 2. The van der Waals surface area contributed by atoms with E-state index in [0.717, 1.165) is 23.3 Å². The first-order chi connectivity index (χ1) is 17.5. The van der Waals surface area contributed by atoms with Gasteiger partial charge in [-0.2, -0.15) is 0 Å². The van der Waals surface area contributed by atoms with Crippen molar-refractivity contribution in [3.63, 3.8) is 0 Å². The van der Waals surface area contributed by atoms with E-state index in [9.17, 15) is 14.4 Å². The zero-order valence-corrected chi connectivity index (χ0v) is 20.4. The molecule has 0 spiro atoms. The summed E-state index contributed by atoms with van der Waals surface area (Å²) in [7, 11) is 3.22. The lowest BCUT2D eigenvalue weighted by molar-refractivity contribution is 0.0948. The van der Waals surface area contributed by atoms with Crippen LogP contribution < -0.4 is 21.3 Å². The van der Waals surface area contributed by atoms with Crippen molar-refractivity contribution in [2.45, 2.75) is 19.5 Å². The van der Waals surface area contributed by atoms with Gasteiger partial charge in [-0.05, 0) is 53.9 Å². The predicted octanol–water partition coefficient (Wildman–Crippen LogP) is 3.03. The highest BCUT2D eigenvalue weighted by Crippen LogP contribution is 2.15. The summed E-state index contributed by atoms with van der Waals surface area (Å²) in [4.78, 5) is 39.1. The van der Waals surface area contributed by atoms with Gasteiger partial charge in [0.1, 0.15) is 5.75 Å². The number of nitrogens with zero attached hydrogens (tertiary/aromatic N) is 2. The molecule has 0 saturated heterocycles. The average molecular weight is 488 g/mol. The standard InChI is InChI=1S/C28H29N3O5/c1-35-17-5-16-29-26(32)22-12-8-20(9-13-22)19-31-27(33)24-6-3-4-7-25(24)30(28(31)34)18-21-10-14-23(36-2)15-11-21/h3-4,6-15H,5,16-19H2,1-2H3,(H,29,32). The second kappa shape index (κ2) is 11.5. The smallest absolute Gasteiger partial charge is 0.332 e. The van der Waals surface area contributed by atoms with Gasteiger partial charge in [-0.25, -0.2) is 4.79 Å². The Kier molecular flexibility index (Phi) is 7.97. The average Bonchev–Trinajstić information content (AvgIpc) is 2.92. The fraction of sp³-hybridized carbons (Fsp3) is 0.250. The maximum Gasteiger partial charge on any atom is 0.332 e. The molecule has 1 aromatic heterocycles. The number of para-hydroxylation sites is 1. The van der Waals surface area contributed by atoms with Crippen molar-refractivity contribution < 1.29 is 14.3 Å². The molecule has 186 valence electrons. The van der Waals surface area contributed by atoms with Gasteiger partial charge in [0.05, 0.1) is 31.1 Å². The van der Waals surface area contributed by atoms with Crippen LogP contribution in [0.1, 0.15) is 27.9 Å². The van der Waals surface area contributed by atoms with Crippen molar-refractivity contribution in [2.24, 2.45) is 0 Å². The molecule has 1 heterocycles. The van der Waals surface area contributed by atoms with Crippen LogP contribution in [0.3, 0.4) is 0 Å². The first-order valence-corrected chi connectivity index (χ1v) is 11.7. The lowest BCUT2D eigenvalue weighted by Gasteiger charge is -2.15. The van der Waals surface area contributed by atoms with Gasteiger partial charge in [0.2, 0.25) is 0 Å². The zero-order valence-electron chi connectivity index (χ0n) is 20.4. The lowest BCUT2D eigenvalue weighted by atomic mass is 10.1. The van der Waals surface area contributed by atoms with Crippen LogP contribution in [0, 0.1) is 0 Å². The Balaban J connectivity index is 1.62. The van der Waals surface area contributed by atoms with E-state index in [0.29, 0.717) is 36.2 Å². The maximum absolute atomic E-state index is 13.5. The number of carbonyl (C=O) groups excluding carboxylic acids is 1. The molecule has 0 saturated carbocycles. The summed E-state index contributed by atoms with van der Waals surface area (Å²) in [6.45, 7) is 1.51. The van der Waals surface area contributed by atoms with Gasteiger partial charge >= 0.3 is 5.69 Å². The highest BCUT2D eigenvalue weighted by molar-refractivity contribution is 5.94. The summed E-state index contributed by atoms with van der Waals surface area (Å²) in [6, 6.07) is 21.5. The second-order valence-electron chi connectivity index (χ2n) is 8.42. The Morgan fingerprint density at radius 3 is 2.14 bits per heavy atom. The molecule has 3 aromatic carbocycles. The Hall–Kier alpha value is -4.17. The van der Waals surface area contributed by atoms with Crippen LogP contribution in [0.2, 0.25) is 0 Å². The van der Waals surface area contributed by atoms with Gasteiger partial charge in [-0.3, -0.25) is 18.7 Å². The van der Waals surface area contributed by atoms with E-state index in [1.165, 1.54) is 4.57 Å². The van der Waals surface area contributed by atoms with Crippen LogP contribution in [0.15, 0.2) is 82.4 Å². The number of hydrogen-bond donors (Lipinski definition) is 1. The predicted molar refractivity (Wildman–Crippen MR) is 139 cm³/mol. The molecule has 36 heavy (non-hydrogen) atoms. The van der Waals surface area contributed by atoms with Gasteiger partial charge in [0, 0.05) is 25.8 Å². The molecule has 1 N–H and O–H groups in total. The number of fused-ring (bicyclic) bond motifs is 1. The topological polar surface area (TPSA) is 91.6 Å². The van der Waals surface area contributed by atoms with Crippen LogP contribution in [0.4, 0.5) is 0 Å². The van der Waals surface area contributed by atoms with E-state index in [2.05, 4.69) is 5.32 Å². The Morgan fingerprint density at radius 1 is 0.833 bits per heavy atom. The fourth-order valence-electron chi connectivity index (χ4n) is 4.04. The molecule has 0 aliphatic carbocycles. The minimum absolute atomic E-state index is 0.0981. The Morgan fingerprint density at radius 2 is 1.47 bits per heavy atom. The van der Waals surface area contributed by atoms with Gasteiger partial charge in [-0.1, -0.05) is 36.4 Å². The molecule has 0 aliphatic heterocycles. The molecule has 0 fully saturated rings. The van der Waals surface area contributed by atoms with Crippen LogP contribution >= 0.6 is 0 Å². The van der Waals surface area contributed by atoms with Crippen LogP contribution in [-0.4, -0.2) is 42.4 Å². The van der Waals surface area contributed by atoms with Crippen molar-refractivity contribution in [1.82, 2.24) is 14.5 Å². The summed E-state index contributed by atoms with van der Waals surface area (Å²) in [6.07, 6.45) is 0.730. The van der Waals surface area contributed by atoms with Crippen LogP contribution in [-0.2, 0) is 17.8 Å². The van der Waals surface area contributed by atoms with E-state index < -0.39 is 5.69 Å². The molecular formula is C28H29N3O5. The molecule has 8 heteroatoms. The SMILES string of the molecule is COCCCNC(=O)c1ccc(Cn2c(=O)c3ccccc3n(Cc3ccc(OC)cc3)c2=O)cc1. The lowest BCUT2D eigenvalue weighted by Crippen LogP contribution is -2.40.